The first-order valence-corrected chi connectivity index (χ1v) is 4.27. The quantitative estimate of drug-likeness (QED) is 0.567. The number of hydrogen-bond donors (Lipinski definition) is 2. The van der Waals surface area contributed by atoms with Gasteiger partial charge in [-0.3, -0.25) is 0 Å². The SMILES string of the molecule is CC1(C)O[C@H]2OCC(O)(CO)[C@@H]2O1. The molecule has 0 aliphatic carbocycles. The zero-order chi connectivity index (χ0) is 9.69. The average Bonchev–Trinajstić information content (AvgIpc) is 2.49. The first-order valence-electron chi connectivity index (χ1n) is 4.27. The fourth-order valence-corrected chi connectivity index (χ4v) is 1.66. The zero-order valence-corrected chi connectivity index (χ0v) is 7.69. The second kappa shape index (κ2) is 2.65. The molecule has 5 heteroatoms. The normalized spacial score (nSPS) is 48.0. The van der Waals surface area contributed by atoms with Crippen LogP contribution in [0.3, 0.4) is 0 Å². The Morgan fingerprint density at radius 2 is 2.08 bits per heavy atom. The lowest BCUT2D eigenvalue weighted by atomic mass is 10.0. The van der Waals surface area contributed by atoms with E-state index in [2.05, 4.69) is 0 Å². The third kappa shape index (κ3) is 1.37. The largest absolute Gasteiger partial charge is 0.393 e. The second-order valence-electron chi connectivity index (χ2n) is 4.00. The summed E-state index contributed by atoms with van der Waals surface area (Å²) in [6.45, 7) is 3.15. The molecule has 0 aromatic heterocycles. The number of fused-ring (bicyclic) bond motifs is 1. The summed E-state index contributed by atoms with van der Waals surface area (Å²) in [6, 6.07) is 0. The lowest BCUT2D eigenvalue weighted by Crippen LogP contribution is -2.47. The molecule has 0 aromatic carbocycles. The minimum Gasteiger partial charge on any atom is -0.393 e. The molecule has 0 aromatic rings. The van der Waals surface area contributed by atoms with E-state index in [9.17, 15) is 5.11 Å². The van der Waals surface area contributed by atoms with Gasteiger partial charge in [-0.1, -0.05) is 0 Å². The molecule has 0 bridgehead atoms. The van der Waals surface area contributed by atoms with Crippen molar-refractivity contribution in [3.8, 4) is 0 Å². The molecule has 13 heavy (non-hydrogen) atoms. The lowest BCUT2D eigenvalue weighted by Gasteiger charge is -2.25. The third-order valence-electron chi connectivity index (χ3n) is 2.36. The van der Waals surface area contributed by atoms with Gasteiger partial charge in [-0.15, -0.1) is 0 Å². The first kappa shape index (κ1) is 9.36. The van der Waals surface area contributed by atoms with Gasteiger partial charge >= 0.3 is 0 Å². The molecule has 2 rings (SSSR count). The highest BCUT2D eigenvalue weighted by molar-refractivity contribution is 4.98. The highest BCUT2D eigenvalue weighted by Crippen LogP contribution is 2.39. The van der Waals surface area contributed by atoms with Gasteiger partial charge in [0.1, 0.15) is 11.7 Å². The van der Waals surface area contributed by atoms with Crippen LogP contribution in [0.1, 0.15) is 13.8 Å². The van der Waals surface area contributed by atoms with Crippen LogP contribution >= 0.6 is 0 Å². The highest BCUT2D eigenvalue weighted by atomic mass is 16.8. The summed E-state index contributed by atoms with van der Waals surface area (Å²) in [6.07, 6.45) is -1.15. The van der Waals surface area contributed by atoms with Gasteiger partial charge < -0.3 is 24.4 Å². The minimum absolute atomic E-state index is 0.0505. The number of aliphatic hydroxyl groups is 2. The Kier molecular flexibility index (Phi) is 1.91. The van der Waals surface area contributed by atoms with Crippen molar-refractivity contribution in [3.63, 3.8) is 0 Å². The molecule has 2 saturated heterocycles. The third-order valence-corrected chi connectivity index (χ3v) is 2.36. The molecule has 0 amide bonds. The molecule has 2 aliphatic rings. The molecule has 5 nitrogen and oxygen atoms in total. The van der Waals surface area contributed by atoms with Crippen LogP contribution in [-0.4, -0.2) is 47.2 Å². The van der Waals surface area contributed by atoms with Crippen LogP contribution < -0.4 is 0 Å². The summed E-state index contributed by atoms with van der Waals surface area (Å²) in [5.41, 5.74) is -1.32. The monoisotopic (exact) mass is 190 g/mol. The molecule has 2 fully saturated rings. The summed E-state index contributed by atoms with van der Waals surface area (Å²) in [7, 11) is 0. The predicted molar refractivity (Wildman–Crippen MR) is 41.8 cm³/mol. The maximum absolute atomic E-state index is 9.82. The van der Waals surface area contributed by atoms with Gasteiger partial charge in [0, 0.05) is 0 Å². The smallest absolute Gasteiger partial charge is 0.190 e. The fraction of sp³-hybridized carbons (Fsp3) is 1.00. The first-order chi connectivity index (χ1) is 5.97. The van der Waals surface area contributed by atoms with Crippen LogP contribution in [0, 0.1) is 0 Å². The van der Waals surface area contributed by atoms with Crippen molar-refractivity contribution in [2.24, 2.45) is 0 Å². The van der Waals surface area contributed by atoms with Crippen LogP contribution in [0.5, 0.6) is 0 Å². The minimum atomic E-state index is -1.32. The molecular weight excluding hydrogens is 176 g/mol. The number of rotatable bonds is 1. The zero-order valence-electron chi connectivity index (χ0n) is 7.69. The van der Waals surface area contributed by atoms with Crippen LogP contribution in [0.4, 0.5) is 0 Å². The molecule has 0 saturated carbocycles. The Hall–Kier alpha value is -0.200. The molecule has 1 unspecified atom stereocenters. The Morgan fingerprint density at radius 1 is 1.38 bits per heavy atom. The lowest BCUT2D eigenvalue weighted by molar-refractivity contribution is -0.214. The highest BCUT2D eigenvalue weighted by Gasteiger charge is 2.57. The molecule has 0 spiro atoms. The molecule has 2 aliphatic heterocycles. The van der Waals surface area contributed by atoms with E-state index in [4.69, 9.17) is 19.3 Å². The standard InChI is InChI=1S/C8H14O5/c1-7(2)12-5-6(13-7)11-4-8(5,10)3-9/h5-6,9-10H,3-4H2,1-2H3/t5-,6-,8?/m1/s1. The van der Waals surface area contributed by atoms with E-state index in [0.29, 0.717) is 0 Å². The summed E-state index contributed by atoms with van der Waals surface area (Å²) in [4.78, 5) is 0. The summed E-state index contributed by atoms with van der Waals surface area (Å²) >= 11 is 0. The summed E-state index contributed by atoms with van der Waals surface area (Å²) < 4.78 is 15.9. The van der Waals surface area contributed by atoms with Crippen molar-refractivity contribution in [1.29, 1.82) is 0 Å². The maximum Gasteiger partial charge on any atom is 0.190 e. The Balaban J connectivity index is 2.16. The van der Waals surface area contributed by atoms with E-state index >= 15 is 0 Å². The van der Waals surface area contributed by atoms with Crippen molar-refractivity contribution in [1.82, 2.24) is 0 Å². The van der Waals surface area contributed by atoms with E-state index in [1.165, 1.54) is 0 Å². The summed E-state index contributed by atoms with van der Waals surface area (Å²) in [5.74, 6) is -0.751. The summed E-state index contributed by atoms with van der Waals surface area (Å²) in [5, 5.41) is 18.8. The van der Waals surface area contributed by atoms with Crippen LogP contribution in [0.15, 0.2) is 0 Å². The Morgan fingerprint density at radius 3 is 2.69 bits per heavy atom. The van der Waals surface area contributed by atoms with Gasteiger partial charge in [0.2, 0.25) is 0 Å². The van der Waals surface area contributed by atoms with Gasteiger partial charge in [0.15, 0.2) is 12.1 Å². The van der Waals surface area contributed by atoms with Gasteiger partial charge in [0.25, 0.3) is 0 Å². The number of aliphatic hydroxyl groups excluding tert-OH is 1. The molecule has 0 radical (unpaired) electrons. The van der Waals surface area contributed by atoms with Crippen molar-refractivity contribution in [3.05, 3.63) is 0 Å². The fourth-order valence-electron chi connectivity index (χ4n) is 1.66. The van der Waals surface area contributed by atoms with Crippen LogP contribution in [-0.2, 0) is 14.2 Å². The van der Waals surface area contributed by atoms with E-state index < -0.39 is 23.8 Å². The number of hydrogen-bond acceptors (Lipinski definition) is 5. The van der Waals surface area contributed by atoms with Crippen molar-refractivity contribution < 1.29 is 24.4 Å². The number of ether oxygens (including phenoxy) is 3. The molecule has 76 valence electrons. The van der Waals surface area contributed by atoms with Gasteiger partial charge in [0.05, 0.1) is 13.2 Å². The molecular formula is C8H14O5. The topological polar surface area (TPSA) is 68.2 Å². The van der Waals surface area contributed by atoms with Gasteiger partial charge in [-0.05, 0) is 13.8 Å². The Labute approximate surface area is 76.2 Å². The Bertz CT molecular complexity index is 217. The van der Waals surface area contributed by atoms with Crippen LogP contribution in [0.25, 0.3) is 0 Å². The average molecular weight is 190 g/mol. The van der Waals surface area contributed by atoms with Crippen LogP contribution in [0.2, 0.25) is 0 Å². The van der Waals surface area contributed by atoms with Gasteiger partial charge in [-0.25, -0.2) is 0 Å². The van der Waals surface area contributed by atoms with E-state index in [1.54, 1.807) is 13.8 Å². The van der Waals surface area contributed by atoms with Crippen molar-refractivity contribution >= 4 is 0 Å². The maximum atomic E-state index is 9.82. The predicted octanol–water partition coefficient (Wildman–Crippen LogP) is -0.782. The van der Waals surface area contributed by atoms with Crippen molar-refractivity contribution in [2.75, 3.05) is 13.2 Å². The van der Waals surface area contributed by atoms with E-state index in [-0.39, 0.29) is 13.2 Å². The van der Waals surface area contributed by atoms with Gasteiger partial charge in [-0.2, -0.15) is 0 Å². The molecule has 2 heterocycles. The second-order valence-corrected chi connectivity index (χ2v) is 4.00. The molecule has 2 N–H and O–H groups in total. The van der Waals surface area contributed by atoms with Crippen molar-refractivity contribution in [2.45, 2.75) is 37.6 Å². The van der Waals surface area contributed by atoms with E-state index in [1.807, 2.05) is 0 Å². The van der Waals surface area contributed by atoms with E-state index in [0.717, 1.165) is 0 Å². The molecule has 3 atom stereocenters.